The molecule has 7 rings (SSSR count). The molecular formula is C30H34N2OS. The highest BCUT2D eigenvalue weighted by Gasteiger charge is 2.71. The van der Waals surface area contributed by atoms with Crippen LogP contribution < -0.4 is 5.32 Å². The second-order valence-corrected chi connectivity index (χ2v) is 13.0. The normalized spacial score (nSPS) is 34.9. The zero-order valence-corrected chi connectivity index (χ0v) is 21.1. The number of rotatable bonds is 5. The van der Waals surface area contributed by atoms with Crippen LogP contribution in [0.3, 0.4) is 0 Å². The molecule has 34 heavy (non-hydrogen) atoms. The largest absolute Gasteiger partial charge is 0.349 e. The summed E-state index contributed by atoms with van der Waals surface area (Å²) >= 11 is 1.76. The molecule has 1 spiro atoms. The molecule has 2 aromatic carbocycles. The molecule has 176 valence electrons. The zero-order chi connectivity index (χ0) is 23.1. The SMILES string of the molecule is CCCC1=Nc2cc(C(=O)NC(C)C34C[C@H]5C[C@@H]6C[C@@H](C3)C6(C5)C4)ccc2Sc2ccccc21. The summed E-state index contributed by atoms with van der Waals surface area (Å²) in [5, 5.41) is 3.47. The van der Waals surface area contributed by atoms with Crippen molar-refractivity contribution in [3.05, 3.63) is 53.6 Å². The van der Waals surface area contributed by atoms with E-state index in [0.29, 0.717) is 10.8 Å². The molecular weight excluding hydrogens is 436 g/mol. The van der Waals surface area contributed by atoms with Gasteiger partial charge in [0.1, 0.15) is 0 Å². The van der Waals surface area contributed by atoms with Gasteiger partial charge in [-0.2, -0.15) is 0 Å². The number of hydrogen-bond donors (Lipinski definition) is 1. The van der Waals surface area contributed by atoms with Crippen LogP contribution in [0.15, 0.2) is 57.2 Å². The molecule has 1 aliphatic heterocycles. The Morgan fingerprint density at radius 3 is 2.88 bits per heavy atom. The van der Waals surface area contributed by atoms with E-state index < -0.39 is 0 Å². The first-order valence-corrected chi connectivity index (χ1v) is 14.1. The van der Waals surface area contributed by atoms with Crippen LogP contribution in [0.4, 0.5) is 5.69 Å². The molecule has 0 radical (unpaired) electrons. The maximum absolute atomic E-state index is 13.5. The topological polar surface area (TPSA) is 41.5 Å². The molecule has 0 saturated heterocycles. The fourth-order valence-corrected chi connectivity index (χ4v) is 9.77. The van der Waals surface area contributed by atoms with Crippen molar-refractivity contribution in [2.24, 2.45) is 33.6 Å². The standard InChI is InChI=1S/C30H34N2OS/c1-3-6-24-23-7-4-5-8-26(23)34-27-10-9-20(12-25(27)32-24)28(33)31-18(2)29-14-19-11-21-13-22(16-29)30(21,15-19)17-29/h4-5,7-10,12,18-19,21-22H,3,6,11,13-17H2,1-2H3,(H,31,33)/t18?,19-,21-,22+,29?,30?/m1/s1. The van der Waals surface area contributed by atoms with E-state index >= 15 is 0 Å². The van der Waals surface area contributed by atoms with Gasteiger partial charge in [-0.25, -0.2) is 0 Å². The van der Waals surface area contributed by atoms with Crippen molar-refractivity contribution in [1.29, 1.82) is 0 Å². The Hall–Kier alpha value is -2.07. The van der Waals surface area contributed by atoms with Crippen LogP contribution >= 0.6 is 11.8 Å². The Kier molecular flexibility index (Phi) is 4.66. The smallest absolute Gasteiger partial charge is 0.251 e. The number of hydrogen-bond acceptors (Lipinski definition) is 3. The van der Waals surface area contributed by atoms with E-state index in [9.17, 15) is 4.79 Å². The number of benzene rings is 2. The summed E-state index contributed by atoms with van der Waals surface area (Å²) in [5.41, 5.74) is 5.00. The fourth-order valence-electron chi connectivity index (χ4n) is 8.74. The van der Waals surface area contributed by atoms with Crippen molar-refractivity contribution in [2.75, 3.05) is 0 Å². The van der Waals surface area contributed by atoms with Crippen LogP contribution in [-0.4, -0.2) is 17.7 Å². The van der Waals surface area contributed by atoms with E-state index in [-0.39, 0.29) is 11.9 Å². The second-order valence-electron chi connectivity index (χ2n) is 11.9. The number of carbonyl (C=O) groups excluding carboxylic acids is 1. The fraction of sp³-hybridized carbons (Fsp3) is 0.533. The van der Waals surface area contributed by atoms with Gasteiger partial charge in [-0.1, -0.05) is 43.3 Å². The van der Waals surface area contributed by atoms with Gasteiger partial charge >= 0.3 is 0 Å². The summed E-state index contributed by atoms with van der Waals surface area (Å²) in [6.45, 7) is 4.48. The van der Waals surface area contributed by atoms with Gasteiger partial charge in [0.15, 0.2) is 0 Å². The summed E-state index contributed by atoms with van der Waals surface area (Å²) in [5.74, 6) is 2.90. The predicted molar refractivity (Wildman–Crippen MR) is 138 cm³/mol. The third-order valence-electron chi connectivity index (χ3n) is 10.2. The monoisotopic (exact) mass is 470 g/mol. The summed E-state index contributed by atoms with van der Waals surface area (Å²) < 4.78 is 0. The Morgan fingerprint density at radius 1 is 1.12 bits per heavy atom. The Balaban J connectivity index is 1.15. The Bertz CT molecular complexity index is 1220. The van der Waals surface area contributed by atoms with Crippen LogP contribution in [0.2, 0.25) is 0 Å². The van der Waals surface area contributed by atoms with Crippen molar-refractivity contribution in [2.45, 2.75) is 81.0 Å². The third kappa shape index (κ3) is 2.96. The van der Waals surface area contributed by atoms with Gasteiger partial charge in [0.2, 0.25) is 0 Å². The number of aliphatic imine (C=N–C) groups is 1. The summed E-state index contributed by atoms with van der Waals surface area (Å²) in [6.07, 6.45) is 10.4. The van der Waals surface area contributed by atoms with Gasteiger partial charge < -0.3 is 5.32 Å². The van der Waals surface area contributed by atoms with E-state index in [1.165, 1.54) is 49.0 Å². The number of nitrogens with one attached hydrogen (secondary N) is 1. The molecule has 3 unspecified atom stereocenters. The number of nitrogens with zero attached hydrogens (tertiary/aromatic N) is 1. The number of fused-ring (bicyclic) bond motifs is 4. The van der Waals surface area contributed by atoms with Crippen molar-refractivity contribution < 1.29 is 4.79 Å². The second kappa shape index (κ2) is 7.46. The highest BCUT2D eigenvalue weighted by Crippen LogP contribution is 2.79. The number of carbonyl (C=O) groups is 1. The quantitative estimate of drug-likeness (QED) is 0.494. The lowest BCUT2D eigenvalue weighted by Gasteiger charge is -2.49. The molecule has 4 fully saturated rings. The van der Waals surface area contributed by atoms with E-state index in [0.717, 1.165) is 52.5 Å². The van der Waals surface area contributed by atoms with Gasteiger partial charge in [0.05, 0.1) is 5.69 Å². The Labute approximate surface area is 207 Å². The molecule has 4 saturated carbocycles. The molecule has 3 bridgehead atoms. The van der Waals surface area contributed by atoms with E-state index in [1.54, 1.807) is 11.8 Å². The van der Waals surface area contributed by atoms with Crippen molar-refractivity contribution in [1.82, 2.24) is 5.32 Å². The van der Waals surface area contributed by atoms with Crippen molar-refractivity contribution >= 4 is 29.1 Å². The van der Waals surface area contributed by atoms with Crippen LogP contribution in [0.1, 0.15) is 81.1 Å². The lowest BCUT2D eigenvalue weighted by Crippen LogP contribution is -2.47. The van der Waals surface area contributed by atoms with Gasteiger partial charge in [0.25, 0.3) is 5.91 Å². The first kappa shape index (κ1) is 21.2. The Morgan fingerprint density at radius 2 is 2.00 bits per heavy atom. The highest BCUT2D eigenvalue weighted by molar-refractivity contribution is 7.99. The minimum absolute atomic E-state index is 0.0647. The van der Waals surface area contributed by atoms with Crippen LogP contribution in [-0.2, 0) is 0 Å². The maximum Gasteiger partial charge on any atom is 0.251 e. The molecule has 4 heteroatoms. The summed E-state index contributed by atoms with van der Waals surface area (Å²) in [4.78, 5) is 20.9. The molecule has 2 aromatic rings. The molecule has 1 heterocycles. The molecule has 0 aromatic heterocycles. The lowest BCUT2D eigenvalue weighted by atomic mass is 9.55. The van der Waals surface area contributed by atoms with E-state index in [4.69, 9.17) is 4.99 Å². The molecule has 1 amide bonds. The van der Waals surface area contributed by atoms with Crippen LogP contribution in [0, 0.1) is 28.6 Å². The van der Waals surface area contributed by atoms with Crippen LogP contribution in [0.5, 0.6) is 0 Å². The predicted octanol–water partition coefficient (Wildman–Crippen LogP) is 7.41. The number of amides is 1. The van der Waals surface area contributed by atoms with E-state index in [1.807, 2.05) is 12.1 Å². The van der Waals surface area contributed by atoms with Gasteiger partial charge in [-0.3, -0.25) is 9.79 Å². The molecule has 4 aliphatic carbocycles. The van der Waals surface area contributed by atoms with Crippen LogP contribution in [0.25, 0.3) is 0 Å². The van der Waals surface area contributed by atoms with E-state index in [2.05, 4.69) is 49.5 Å². The average molecular weight is 471 g/mol. The molecule has 6 atom stereocenters. The molecule has 3 nitrogen and oxygen atoms in total. The minimum atomic E-state index is 0.0647. The summed E-state index contributed by atoms with van der Waals surface area (Å²) in [6, 6.07) is 14.9. The molecule has 1 N–H and O–H groups in total. The van der Waals surface area contributed by atoms with Gasteiger partial charge in [-0.15, -0.1) is 0 Å². The lowest BCUT2D eigenvalue weighted by molar-refractivity contribution is -0.00432. The highest BCUT2D eigenvalue weighted by atomic mass is 32.2. The summed E-state index contributed by atoms with van der Waals surface area (Å²) in [7, 11) is 0. The van der Waals surface area contributed by atoms with Gasteiger partial charge in [0, 0.05) is 32.7 Å². The van der Waals surface area contributed by atoms with Gasteiger partial charge in [-0.05, 0) is 105 Å². The zero-order valence-electron chi connectivity index (χ0n) is 20.3. The first-order chi connectivity index (χ1) is 16.5. The average Bonchev–Trinajstić information content (AvgIpc) is 3.06. The van der Waals surface area contributed by atoms with Crippen molar-refractivity contribution in [3.63, 3.8) is 0 Å². The minimum Gasteiger partial charge on any atom is -0.349 e. The first-order valence-electron chi connectivity index (χ1n) is 13.3. The third-order valence-corrected chi connectivity index (χ3v) is 11.3. The molecule has 5 aliphatic rings. The van der Waals surface area contributed by atoms with Crippen molar-refractivity contribution in [3.8, 4) is 0 Å². The maximum atomic E-state index is 13.5.